The number of phenols is 1. The summed E-state index contributed by atoms with van der Waals surface area (Å²) in [6.45, 7) is 0. The summed E-state index contributed by atoms with van der Waals surface area (Å²) in [4.78, 5) is 0. The van der Waals surface area contributed by atoms with Gasteiger partial charge in [-0.3, -0.25) is 0 Å². The van der Waals surface area contributed by atoms with Crippen molar-refractivity contribution >= 4 is 0 Å². The lowest BCUT2D eigenvalue weighted by Crippen LogP contribution is -2.11. The second-order valence-corrected chi connectivity index (χ2v) is 3.81. The number of hydrogen-bond donors (Lipinski definition) is 2. The largest absolute Gasteiger partial charge is 0.503 e. The van der Waals surface area contributed by atoms with Crippen LogP contribution in [0.4, 0.5) is 8.78 Å². The Morgan fingerprint density at radius 3 is 2.14 bits per heavy atom. The number of halogens is 2. The van der Waals surface area contributed by atoms with E-state index in [1.807, 2.05) is 0 Å². The van der Waals surface area contributed by atoms with Gasteiger partial charge in [0.15, 0.2) is 17.4 Å². The van der Waals surface area contributed by atoms with Crippen LogP contribution in [0.25, 0.3) is 0 Å². The Labute approximate surface area is 79.8 Å². The highest BCUT2D eigenvalue weighted by molar-refractivity contribution is 5.31. The number of benzene rings is 1. The zero-order chi connectivity index (χ0) is 10.3. The van der Waals surface area contributed by atoms with E-state index in [0.717, 1.165) is 12.1 Å². The van der Waals surface area contributed by atoms with Gasteiger partial charge < -0.3 is 10.2 Å². The summed E-state index contributed by atoms with van der Waals surface area (Å²) in [6, 6.07) is 2.10. The molecule has 2 nitrogen and oxygen atoms in total. The topological polar surface area (TPSA) is 40.5 Å². The van der Waals surface area contributed by atoms with Gasteiger partial charge in [0.25, 0.3) is 0 Å². The molecule has 0 radical (unpaired) electrons. The summed E-state index contributed by atoms with van der Waals surface area (Å²) in [5.41, 5.74) is -0.409. The van der Waals surface area contributed by atoms with E-state index < -0.39 is 23.0 Å². The van der Waals surface area contributed by atoms with E-state index in [9.17, 15) is 13.9 Å². The van der Waals surface area contributed by atoms with Crippen molar-refractivity contribution in [2.24, 2.45) is 0 Å². The van der Waals surface area contributed by atoms with Crippen molar-refractivity contribution in [1.29, 1.82) is 0 Å². The second kappa shape index (κ2) is 2.92. The van der Waals surface area contributed by atoms with Crippen LogP contribution in [0.15, 0.2) is 12.1 Å². The quantitative estimate of drug-likeness (QED) is 0.763. The average Bonchev–Trinajstić information content (AvgIpc) is 2.79. The molecular formula is C10H10F2O2. The van der Waals surface area contributed by atoms with Crippen LogP contribution in [0.2, 0.25) is 0 Å². The molecule has 1 aliphatic carbocycles. The zero-order valence-electron chi connectivity index (χ0n) is 7.43. The Bertz CT molecular complexity index is 349. The Morgan fingerprint density at radius 2 is 1.71 bits per heavy atom. The van der Waals surface area contributed by atoms with Crippen molar-refractivity contribution in [3.63, 3.8) is 0 Å². The van der Waals surface area contributed by atoms with E-state index >= 15 is 0 Å². The van der Waals surface area contributed by atoms with Crippen LogP contribution in [0.1, 0.15) is 18.4 Å². The van der Waals surface area contributed by atoms with E-state index in [1.54, 1.807) is 0 Å². The SMILES string of the molecule is Oc1c(F)cc(CC2(O)CC2)cc1F. The third-order valence-electron chi connectivity index (χ3n) is 2.44. The zero-order valence-corrected chi connectivity index (χ0v) is 7.43. The maximum atomic E-state index is 12.9. The Balaban J connectivity index is 2.26. The van der Waals surface area contributed by atoms with Gasteiger partial charge in [0.2, 0.25) is 0 Å². The molecule has 76 valence electrons. The minimum Gasteiger partial charge on any atom is -0.503 e. The number of aliphatic hydroxyl groups is 1. The molecule has 0 bridgehead atoms. The molecule has 0 atom stereocenters. The molecule has 2 rings (SSSR count). The molecule has 1 saturated carbocycles. The minimum absolute atomic E-state index is 0.237. The van der Waals surface area contributed by atoms with Gasteiger partial charge >= 0.3 is 0 Å². The molecule has 4 heteroatoms. The van der Waals surface area contributed by atoms with Crippen LogP contribution in [-0.4, -0.2) is 15.8 Å². The van der Waals surface area contributed by atoms with Crippen LogP contribution in [0.5, 0.6) is 5.75 Å². The Morgan fingerprint density at radius 1 is 1.21 bits per heavy atom. The van der Waals surface area contributed by atoms with Crippen molar-refractivity contribution in [2.45, 2.75) is 24.9 Å². The summed E-state index contributed by atoms with van der Waals surface area (Å²) in [5, 5.41) is 18.4. The molecule has 1 aliphatic rings. The fourth-order valence-corrected chi connectivity index (χ4v) is 1.42. The van der Waals surface area contributed by atoms with E-state index in [4.69, 9.17) is 5.11 Å². The van der Waals surface area contributed by atoms with Gasteiger partial charge in [-0.25, -0.2) is 8.78 Å². The lowest BCUT2D eigenvalue weighted by atomic mass is 10.1. The van der Waals surface area contributed by atoms with E-state index in [1.165, 1.54) is 0 Å². The molecule has 2 N–H and O–H groups in total. The highest BCUT2D eigenvalue weighted by atomic mass is 19.1. The second-order valence-electron chi connectivity index (χ2n) is 3.81. The summed E-state index contributed by atoms with van der Waals surface area (Å²) in [6.07, 6.45) is 1.56. The highest BCUT2D eigenvalue weighted by Gasteiger charge is 2.40. The predicted molar refractivity (Wildman–Crippen MR) is 45.9 cm³/mol. The van der Waals surface area contributed by atoms with Crippen LogP contribution in [0, 0.1) is 11.6 Å². The molecule has 0 aromatic heterocycles. The lowest BCUT2D eigenvalue weighted by molar-refractivity contribution is 0.150. The standard InChI is InChI=1S/C10H10F2O2/c11-7-3-6(4-8(12)9(7)13)5-10(14)1-2-10/h3-4,13-14H,1-2,5H2. The first-order chi connectivity index (χ1) is 6.50. The number of hydrogen-bond acceptors (Lipinski definition) is 2. The van der Waals surface area contributed by atoms with Gasteiger partial charge in [0, 0.05) is 6.42 Å². The summed E-state index contributed by atoms with van der Waals surface area (Å²) in [5.74, 6) is -2.93. The molecule has 1 fully saturated rings. The van der Waals surface area contributed by atoms with Crippen LogP contribution in [-0.2, 0) is 6.42 Å². The molecule has 0 heterocycles. The fraction of sp³-hybridized carbons (Fsp3) is 0.400. The predicted octanol–water partition coefficient (Wildman–Crippen LogP) is 1.74. The molecule has 1 aromatic rings. The molecule has 0 amide bonds. The molecule has 0 saturated heterocycles. The maximum Gasteiger partial charge on any atom is 0.187 e. The molecule has 0 spiro atoms. The third kappa shape index (κ3) is 1.70. The average molecular weight is 200 g/mol. The summed E-state index contributed by atoms with van der Waals surface area (Å²) in [7, 11) is 0. The molecule has 1 aromatic carbocycles. The van der Waals surface area contributed by atoms with E-state index in [0.29, 0.717) is 18.4 Å². The minimum atomic E-state index is -0.982. The highest BCUT2D eigenvalue weighted by Crippen LogP contribution is 2.38. The summed E-state index contributed by atoms with van der Waals surface area (Å²) < 4.78 is 25.7. The smallest absolute Gasteiger partial charge is 0.187 e. The molecule has 0 unspecified atom stereocenters. The first-order valence-electron chi connectivity index (χ1n) is 4.39. The van der Waals surface area contributed by atoms with E-state index in [2.05, 4.69) is 0 Å². The van der Waals surface area contributed by atoms with E-state index in [-0.39, 0.29) is 6.42 Å². The van der Waals surface area contributed by atoms with Crippen molar-refractivity contribution in [1.82, 2.24) is 0 Å². The first-order valence-corrected chi connectivity index (χ1v) is 4.39. The van der Waals surface area contributed by atoms with Gasteiger partial charge in [0.05, 0.1) is 5.60 Å². The normalized spacial score (nSPS) is 18.2. The van der Waals surface area contributed by atoms with Crippen molar-refractivity contribution in [3.05, 3.63) is 29.3 Å². The van der Waals surface area contributed by atoms with Crippen molar-refractivity contribution in [3.8, 4) is 5.75 Å². The van der Waals surface area contributed by atoms with Gasteiger partial charge in [-0.2, -0.15) is 0 Å². The fourth-order valence-electron chi connectivity index (χ4n) is 1.42. The first kappa shape index (κ1) is 9.40. The van der Waals surface area contributed by atoms with Crippen molar-refractivity contribution in [2.75, 3.05) is 0 Å². The third-order valence-corrected chi connectivity index (χ3v) is 2.44. The van der Waals surface area contributed by atoms with Gasteiger partial charge in [-0.1, -0.05) is 0 Å². The Kier molecular flexibility index (Phi) is 1.96. The summed E-state index contributed by atoms with van der Waals surface area (Å²) >= 11 is 0. The van der Waals surface area contributed by atoms with Gasteiger partial charge in [-0.15, -0.1) is 0 Å². The molecular weight excluding hydrogens is 190 g/mol. The molecule has 14 heavy (non-hydrogen) atoms. The Hall–Kier alpha value is -1.16. The van der Waals surface area contributed by atoms with Crippen LogP contribution < -0.4 is 0 Å². The lowest BCUT2D eigenvalue weighted by Gasteiger charge is -2.08. The number of rotatable bonds is 2. The maximum absolute atomic E-state index is 12.9. The van der Waals surface area contributed by atoms with Crippen LogP contribution in [0.3, 0.4) is 0 Å². The van der Waals surface area contributed by atoms with Gasteiger partial charge in [0.1, 0.15) is 0 Å². The molecule has 0 aliphatic heterocycles. The van der Waals surface area contributed by atoms with Gasteiger partial charge in [-0.05, 0) is 30.5 Å². The monoisotopic (exact) mass is 200 g/mol. The number of aromatic hydroxyl groups is 1. The van der Waals surface area contributed by atoms with Crippen LogP contribution >= 0.6 is 0 Å². The number of phenolic OH excluding ortho intramolecular Hbond substituents is 1. The van der Waals surface area contributed by atoms with Crippen molar-refractivity contribution < 1.29 is 19.0 Å².